The van der Waals surface area contributed by atoms with Gasteiger partial charge in [0.2, 0.25) is 5.91 Å². The summed E-state index contributed by atoms with van der Waals surface area (Å²) in [4.78, 5) is 39.3. The van der Waals surface area contributed by atoms with Crippen molar-refractivity contribution in [2.75, 3.05) is 33.2 Å². The van der Waals surface area contributed by atoms with Gasteiger partial charge in [0.15, 0.2) is 0 Å². The van der Waals surface area contributed by atoms with Gasteiger partial charge in [0.1, 0.15) is 12.6 Å². The summed E-state index contributed by atoms with van der Waals surface area (Å²) >= 11 is 0. The van der Waals surface area contributed by atoms with Gasteiger partial charge in [-0.1, -0.05) is 0 Å². The third-order valence-corrected chi connectivity index (χ3v) is 3.75. The molecule has 2 fully saturated rings. The van der Waals surface area contributed by atoms with Gasteiger partial charge in [-0.2, -0.15) is 0 Å². The molecular formula is C12H19N3O5. The number of rotatable bonds is 1. The zero-order valence-corrected chi connectivity index (χ0v) is 11.4. The van der Waals surface area contributed by atoms with E-state index in [0.29, 0.717) is 19.5 Å². The minimum Gasteiger partial charge on any atom is -0.480 e. The van der Waals surface area contributed by atoms with Crippen LogP contribution in [0.2, 0.25) is 0 Å². The van der Waals surface area contributed by atoms with E-state index in [1.807, 2.05) is 0 Å². The van der Waals surface area contributed by atoms with Gasteiger partial charge in [0.05, 0.1) is 6.10 Å². The molecule has 2 saturated heterocycles. The van der Waals surface area contributed by atoms with Crippen LogP contribution in [0.25, 0.3) is 0 Å². The lowest BCUT2D eigenvalue weighted by Gasteiger charge is -2.28. The zero-order valence-electron chi connectivity index (χ0n) is 11.4. The minimum absolute atomic E-state index is 0.00364. The maximum Gasteiger partial charge on any atom is 0.326 e. The van der Waals surface area contributed by atoms with E-state index in [1.165, 1.54) is 4.90 Å². The fourth-order valence-electron chi connectivity index (χ4n) is 2.59. The second-order valence-corrected chi connectivity index (χ2v) is 5.27. The van der Waals surface area contributed by atoms with Gasteiger partial charge in [-0.3, -0.25) is 4.79 Å². The highest BCUT2D eigenvalue weighted by Gasteiger charge is 2.41. The fourth-order valence-corrected chi connectivity index (χ4v) is 2.59. The van der Waals surface area contributed by atoms with E-state index in [-0.39, 0.29) is 25.4 Å². The monoisotopic (exact) mass is 285 g/mol. The van der Waals surface area contributed by atoms with Crippen molar-refractivity contribution in [1.29, 1.82) is 0 Å². The van der Waals surface area contributed by atoms with E-state index in [4.69, 9.17) is 5.11 Å². The van der Waals surface area contributed by atoms with Crippen LogP contribution in [0.5, 0.6) is 0 Å². The molecule has 0 aromatic rings. The van der Waals surface area contributed by atoms with Crippen molar-refractivity contribution < 1.29 is 24.6 Å². The highest BCUT2D eigenvalue weighted by atomic mass is 16.4. The Labute approximate surface area is 116 Å². The van der Waals surface area contributed by atoms with Gasteiger partial charge in [0, 0.05) is 33.1 Å². The van der Waals surface area contributed by atoms with Crippen molar-refractivity contribution in [2.24, 2.45) is 0 Å². The summed E-state index contributed by atoms with van der Waals surface area (Å²) in [7, 11) is 1.68. The summed E-state index contributed by atoms with van der Waals surface area (Å²) in [6.45, 7) is 0.937. The SMILES string of the molecule is CN1CCCN(C(=O)N2C[C@H](O)C[C@@H]2C(=O)O)CC1=O. The number of carboxylic acid groups (broad SMARTS) is 1. The number of hydrogen-bond donors (Lipinski definition) is 2. The molecular weight excluding hydrogens is 266 g/mol. The molecule has 2 rings (SSSR count). The van der Waals surface area contributed by atoms with Gasteiger partial charge < -0.3 is 24.9 Å². The van der Waals surface area contributed by atoms with Crippen molar-refractivity contribution in [2.45, 2.75) is 25.0 Å². The first-order valence-corrected chi connectivity index (χ1v) is 6.60. The highest BCUT2D eigenvalue weighted by Crippen LogP contribution is 2.20. The van der Waals surface area contributed by atoms with Crippen molar-refractivity contribution in [3.05, 3.63) is 0 Å². The van der Waals surface area contributed by atoms with Crippen LogP contribution in [-0.2, 0) is 9.59 Å². The van der Waals surface area contributed by atoms with E-state index < -0.39 is 24.1 Å². The second-order valence-electron chi connectivity index (χ2n) is 5.27. The Bertz CT molecular complexity index is 427. The molecule has 0 aromatic carbocycles. The van der Waals surface area contributed by atoms with Crippen molar-refractivity contribution >= 4 is 17.9 Å². The largest absolute Gasteiger partial charge is 0.480 e. The molecule has 0 aromatic heterocycles. The number of hydrogen-bond acceptors (Lipinski definition) is 4. The van der Waals surface area contributed by atoms with Crippen LogP contribution >= 0.6 is 0 Å². The molecule has 0 unspecified atom stereocenters. The number of urea groups is 1. The molecule has 2 N–H and O–H groups in total. The maximum absolute atomic E-state index is 12.4. The molecule has 0 spiro atoms. The first-order valence-electron chi connectivity index (χ1n) is 6.60. The quantitative estimate of drug-likeness (QED) is 0.629. The fraction of sp³-hybridized carbons (Fsp3) is 0.750. The lowest BCUT2D eigenvalue weighted by Crippen LogP contribution is -2.49. The number of carbonyl (C=O) groups excluding carboxylic acids is 2. The number of aliphatic carboxylic acids is 1. The Hall–Kier alpha value is -1.83. The van der Waals surface area contributed by atoms with Gasteiger partial charge in [-0.25, -0.2) is 9.59 Å². The number of aliphatic hydroxyl groups excluding tert-OH is 1. The van der Waals surface area contributed by atoms with Gasteiger partial charge in [-0.15, -0.1) is 0 Å². The smallest absolute Gasteiger partial charge is 0.326 e. The Morgan fingerprint density at radius 1 is 1.30 bits per heavy atom. The number of carbonyl (C=O) groups is 3. The number of carboxylic acids is 1. The summed E-state index contributed by atoms with van der Waals surface area (Å²) in [5, 5.41) is 18.7. The Balaban J connectivity index is 2.09. The van der Waals surface area contributed by atoms with Crippen LogP contribution < -0.4 is 0 Å². The molecule has 3 amide bonds. The van der Waals surface area contributed by atoms with E-state index in [0.717, 1.165) is 4.90 Å². The molecule has 112 valence electrons. The van der Waals surface area contributed by atoms with Crippen LogP contribution in [0.15, 0.2) is 0 Å². The minimum atomic E-state index is -1.13. The van der Waals surface area contributed by atoms with Crippen LogP contribution in [0.1, 0.15) is 12.8 Å². The number of aliphatic hydroxyl groups is 1. The Morgan fingerprint density at radius 2 is 2.00 bits per heavy atom. The van der Waals surface area contributed by atoms with Crippen molar-refractivity contribution in [3.63, 3.8) is 0 Å². The van der Waals surface area contributed by atoms with Gasteiger partial charge in [-0.05, 0) is 6.42 Å². The molecule has 0 saturated carbocycles. The zero-order chi connectivity index (χ0) is 14.9. The molecule has 8 nitrogen and oxygen atoms in total. The summed E-state index contributed by atoms with van der Waals surface area (Å²) in [6.07, 6.45) is -0.143. The summed E-state index contributed by atoms with van der Waals surface area (Å²) in [6, 6.07) is -1.51. The highest BCUT2D eigenvalue weighted by molar-refractivity contribution is 5.87. The predicted octanol–water partition coefficient (Wildman–Crippen LogP) is -1.21. The number of amides is 3. The average molecular weight is 285 g/mol. The van der Waals surface area contributed by atoms with E-state index in [9.17, 15) is 19.5 Å². The first-order chi connectivity index (χ1) is 9.40. The topological polar surface area (TPSA) is 101 Å². The van der Waals surface area contributed by atoms with E-state index in [1.54, 1.807) is 11.9 Å². The maximum atomic E-state index is 12.4. The van der Waals surface area contributed by atoms with Crippen LogP contribution in [0.3, 0.4) is 0 Å². The third kappa shape index (κ3) is 2.84. The molecule has 8 heteroatoms. The van der Waals surface area contributed by atoms with Crippen molar-refractivity contribution in [3.8, 4) is 0 Å². The number of likely N-dealkylation sites (tertiary alicyclic amines) is 1. The number of likely N-dealkylation sites (N-methyl/N-ethyl adjacent to an activating group) is 1. The third-order valence-electron chi connectivity index (χ3n) is 3.75. The Kier molecular flexibility index (Phi) is 4.12. The number of β-amino-alcohol motifs (C(OH)–C–C–N with tert-alkyl or cyclic N) is 1. The summed E-state index contributed by atoms with van der Waals surface area (Å²) < 4.78 is 0. The molecule has 2 heterocycles. The van der Waals surface area contributed by atoms with E-state index >= 15 is 0 Å². The lowest BCUT2D eigenvalue weighted by atomic mass is 10.2. The van der Waals surface area contributed by atoms with Crippen LogP contribution in [-0.4, -0.2) is 88.2 Å². The van der Waals surface area contributed by atoms with Crippen LogP contribution in [0, 0.1) is 0 Å². The molecule has 0 bridgehead atoms. The standard InChI is InChI=1S/C12H19N3O5/c1-13-3-2-4-14(7-10(13)17)12(20)15-6-8(16)5-9(15)11(18)19/h8-9,16H,2-7H2,1H3,(H,18,19)/t8-,9-/m1/s1. The van der Waals surface area contributed by atoms with Gasteiger partial charge >= 0.3 is 12.0 Å². The predicted molar refractivity (Wildman–Crippen MR) is 68.0 cm³/mol. The van der Waals surface area contributed by atoms with Crippen LogP contribution in [0.4, 0.5) is 4.79 Å². The molecule has 2 aliphatic heterocycles. The molecule has 0 radical (unpaired) electrons. The number of nitrogens with zero attached hydrogens (tertiary/aromatic N) is 3. The molecule has 0 aliphatic carbocycles. The summed E-state index contributed by atoms with van der Waals surface area (Å²) in [5.41, 5.74) is 0. The lowest BCUT2D eigenvalue weighted by molar-refractivity contribution is -0.141. The second kappa shape index (κ2) is 5.66. The van der Waals surface area contributed by atoms with E-state index in [2.05, 4.69) is 0 Å². The first kappa shape index (κ1) is 14.6. The normalized spacial score (nSPS) is 27.7. The molecule has 2 atom stereocenters. The van der Waals surface area contributed by atoms with Gasteiger partial charge in [0.25, 0.3) is 0 Å². The average Bonchev–Trinajstić information content (AvgIpc) is 2.70. The summed E-state index contributed by atoms with van der Waals surface area (Å²) in [5.74, 6) is -1.30. The van der Waals surface area contributed by atoms with Crippen molar-refractivity contribution in [1.82, 2.24) is 14.7 Å². The Morgan fingerprint density at radius 3 is 2.65 bits per heavy atom. The molecule has 20 heavy (non-hydrogen) atoms. The molecule has 2 aliphatic rings.